The molecule has 4 heteroatoms. The summed E-state index contributed by atoms with van der Waals surface area (Å²) in [5.74, 6) is 0. The van der Waals surface area contributed by atoms with Crippen LogP contribution in [0.15, 0.2) is 11.5 Å². The fraction of sp³-hybridized carbons (Fsp3) is 0.857. The summed E-state index contributed by atoms with van der Waals surface area (Å²) in [5, 5.41) is 0.876. The van der Waals surface area contributed by atoms with E-state index in [9.17, 15) is 8.42 Å². The quantitative estimate of drug-likeness (QED) is 0.415. The van der Waals surface area contributed by atoms with Gasteiger partial charge in [-0.2, -0.15) is 8.42 Å². The van der Waals surface area contributed by atoms with Gasteiger partial charge in [0.1, 0.15) is 0 Å². The van der Waals surface area contributed by atoms with Crippen LogP contribution in [-0.4, -0.2) is 13.0 Å². The molecule has 0 fully saturated rings. The van der Waals surface area contributed by atoms with Crippen molar-refractivity contribution in [3.8, 4) is 0 Å². The Morgan fingerprint density at radius 2 is 1.28 bits per heavy atom. The first kappa shape index (κ1) is 17.6. The predicted molar refractivity (Wildman–Crippen MR) is 77.1 cm³/mol. The summed E-state index contributed by atoms with van der Waals surface area (Å²) >= 11 is 0. The molecule has 0 heterocycles. The predicted octanol–water partition coefficient (Wildman–Crippen LogP) is 4.70. The van der Waals surface area contributed by atoms with Crippen LogP contribution in [0.1, 0.15) is 77.6 Å². The third kappa shape index (κ3) is 15.6. The molecule has 0 aromatic heterocycles. The molecular weight excluding hydrogens is 248 g/mol. The van der Waals surface area contributed by atoms with Gasteiger partial charge in [0.15, 0.2) is 0 Å². The van der Waals surface area contributed by atoms with Crippen LogP contribution in [0.4, 0.5) is 0 Å². The van der Waals surface area contributed by atoms with Crippen LogP contribution in [0.3, 0.4) is 0 Å². The Morgan fingerprint density at radius 3 is 1.72 bits per heavy atom. The van der Waals surface area contributed by atoms with Gasteiger partial charge in [-0.3, -0.25) is 4.55 Å². The van der Waals surface area contributed by atoms with E-state index in [0.29, 0.717) is 0 Å². The van der Waals surface area contributed by atoms with Crippen molar-refractivity contribution in [1.82, 2.24) is 0 Å². The van der Waals surface area contributed by atoms with E-state index in [1.54, 1.807) is 0 Å². The van der Waals surface area contributed by atoms with E-state index in [-0.39, 0.29) is 0 Å². The van der Waals surface area contributed by atoms with Gasteiger partial charge in [0.2, 0.25) is 0 Å². The summed E-state index contributed by atoms with van der Waals surface area (Å²) in [5.41, 5.74) is 0. The minimum absolute atomic E-state index is 0.732. The van der Waals surface area contributed by atoms with Gasteiger partial charge in [-0.05, 0) is 12.8 Å². The first-order valence-corrected chi connectivity index (χ1v) is 8.70. The van der Waals surface area contributed by atoms with Gasteiger partial charge < -0.3 is 0 Å². The Morgan fingerprint density at radius 1 is 0.833 bits per heavy atom. The summed E-state index contributed by atoms with van der Waals surface area (Å²) in [6, 6.07) is 0. The Bertz CT molecular complexity index is 294. The molecule has 0 saturated heterocycles. The number of unbranched alkanes of at least 4 members (excludes halogenated alkanes) is 10. The van der Waals surface area contributed by atoms with Crippen LogP contribution in [0.5, 0.6) is 0 Å². The molecule has 0 rings (SSSR count). The van der Waals surface area contributed by atoms with Gasteiger partial charge in [0, 0.05) is 0 Å². The molecular formula is C14H28O3S. The van der Waals surface area contributed by atoms with Crippen molar-refractivity contribution in [2.24, 2.45) is 0 Å². The monoisotopic (exact) mass is 276 g/mol. The van der Waals surface area contributed by atoms with Crippen molar-refractivity contribution < 1.29 is 13.0 Å². The van der Waals surface area contributed by atoms with Crippen molar-refractivity contribution in [3.63, 3.8) is 0 Å². The van der Waals surface area contributed by atoms with E-state index in [1.807, 2.05) is 0 Å². The normalized spacial score (nSPS) is 12.3. The third-order valence-corrected chi connectivity index (χ3v) is 3.53. The van der Waals surface area contributed by atoms with Gasteiger partial charge in [0.05, 0.1) is 5.41 Å². The molecule has 0 aliphatic rings. The van der Waals surface area contributed by atoms with Gasteiger partial charge in [0.25, 0.3) is 10.1 Å². The standard InChI is InChI=1S/C14H28O3S/c1-2-3-4-5-6-7-8-9-10-11-12-13-14-18(15,16)17/h13-14H,2-12H2,1H3,(H,15,16,17)/b14-13+. The first-order chi connectivity index (χ1) is 8.56. The Hall–Kier alpha value is -0.350. The summed E-state index contributed by atoms with van der Waals surface area (Å²) in [6.07, 6.45) is 15.0. The number of rotatable bonds is 12. The molecule has 0 aromatic rings. The molecule has 108 valence electrons. The lowest BCUT2D eigenvalue weighted by molar-refractivity contribution is 0.494. The molecule has 3 nitrogen and oxygen atoms in total. The second-order valence-electron chi connectivity index (χ2n) is 4.86. The number of allylic oxidation sites excluding steroid dienone is 1. The Balaban J connectivity index is 3.15. The minimum Gasteiger partial charge on any atom is -0.282 e. The zero-order valence-corrected chi connectivity index (χ0v) is 12.4. The van der Waals surface area contributed by atoms with Crippen molar-refractivity contribution in [1.29, 1.82) is 0 Å². The third-order valence-electron chi connectivity index (χ3n) is 2.99. The molecule has 1 N–H and O–H groups in total. The average Bonchev–Trinajstić information content (AvgIpc) is 2.29. The van der Waals surface area contributed by atoms with Crippen LogP contribution in [-0.2, 0) is 10.1 Å². The smallest absolute Gasteiger partial charge is 0.282 e. The fourth-order valence-electron chi connectivity index (χ4n) is 1.94. The molecule has 0 radical (unpaired) electrons. The molecule has 0 saturated carbocycles. The molecule has 18 heavy (non-hydrogen) atoms. The summed E-state index contributed by atoms with van der Waals surface area (Å²) in [6.45, 7) is 2.23. The van der Waals surface area contributed by atoms with Crippen LogP contribution in [0.25, 0.3) is 0 Å². The molecule has 0 spiro atoms. The maximum Gasteiger partial charge on any atom is 0.287 e. The highest BCUT2D eigenvalue weighted by molar-refractivity contribution is 7.88. The van der Waals surface area contributed by atoms with Crippen LogP contribution >= 0.6 is 0 Å². The highest BCUT2D eigenvalue weighted by atomic mass is 32.2. The van der Waals surface area contributed by atoms with Crippen LogP contribution < -0.4 is 0 Å². The summed E-state index contributed by atoms with van der Waals surface area (Å²) < 4.78 is 29.2. The lowest BCUT2D eigenvalue weighted by Crippen LogP contribution is -1.89. The molecule has 0 amide bonds. The largest absolute Gasteiger partial charge is 0.287 e. The molecule has 0 aromatic carbocycles. The molecule has 0 aliphatic heterocycles. The van der Waals surface area contributed by atoms with Gasteiger partial charge in [-0.15, -0.1) is 0 Å². The minimum atomic E-state index is -3.92. The number of hydrogen-bond acceptors (Lipinski definition) is 2. The van der Waals surface area contributed by atoms with Gasteiger partial charge >= 0.3 is 0 Å². The van der Waals surface area contributed by atoms with Crippen molar-refractivity contribution in [2.45, 2.75) is 77.6 Å². The first-order valence-electron chi connectivity index (χ1n) is 7.20. The zero-order valence-electron chi connectivity index (χ0n) is 11.6. The molecule has 0 aliphatic carbocycles. The van der Waals surface area contributed by atoms with Crippen LogP contribution in [0.2, 0.25) is 0 Å². The van der Waals surface area contributed by atoms with Crippen molar-refractivity contribution in [3.05, 3.63) is 11.5 Å². The fourth-order valence-corrected chi connectivity index (χ4v) is 2.32. The number of hydrogen-bond donors (Lipinski definition) is 1. The van der Waals surface area contributed by atoms with E-state index >= 15 is 0 Å². The SMILES string of the molecule is CCCCCCCCCCCC/C=C/S(=O)(=O)O. The van der Waals surface area contributed by atoms with E-state index in [4.69, 9.17) is 4.55 Å². The Kier molecular flexibility index (Phi) is 11.5. The Labute approximate surface area is 112 Å². The lowest BCUT2D eigenvalue weighted by Gasteiger charge is -2.01. The summed E-state index contributed by atoms with van der Waals surface area (Å²) in [7, 11) is -3.92. The van der Waals surface area contributed by atoms with E-state index < -0.39 is 10.1 Å². The summed E-state index contributed by atoms with van der Waals surface area (Å²) in [4.78, 5) is 0. The topological polar surface area (TPSA) is 54.4 Å². The van der Waals surface area contributed by atoms with E-state index in [2.05, 4.69) is 6.92 Å². The second kappa shape index (κ2) is 11.7. The maximum absolute atomic E-state index is 10.4. The molecule has 0 bridgehead atoms. The maximum atomic E-state index is 10.4. The highest BCUT2D eigenvalue weighted by Crippen LogP contribution is 2.11. The zero-order chi connectivity index (χ0) is 13.7. The lowest BCUT2D eigenvalue weighted by atomic mass is 10.1. The van der Waals surface area contributed by atoms with Crippen LogP contribution in [0, 0.1) is 0 Å². The van der Waals surface area contributed by atoms with Crippen molar-refractivity contribution in [2.75, 3.05) is 0 Å². The molecule has 0 unspecified atom stereocenters. The van der Waals surface area contributed by atoms with E-state index in [1.165, 1.54) is 57.4 Å². The van der Waals surface area contributed by atoms with Crippen molar-refractivity contribution >= 4 is 10.1 Å². The second-order valence-corrected chi connectivity index (χ2v) is 6.16. The average molecular weight is 276 g/mol. The molecule has 0 atom stereocenters. The van der Waals surface area contributed by atoms with Gasteiger partial charge in [-0.25, -0.2) is 0 Å². The van der Waals surface area contributed by atoms with Gasteiger partial charge in [-0.1, -0.05) is 70.8 Å². The van der Waals surface area contributed by atoms with E-state index in [0.717, 1.165) is 24.7 Å². The highest BCUT2D eigenvalue weighted by Gasteiger charge is 1.94.